The van der Waals surface area contributed by atoms with Crippen molar-refractivity contribution in [2.45, 2.75) is 13.2 Å². The van der Waals surface area contributed by atoms with Crippen molar-refractivity contribution in [1.29, 1.82) is 0 Å². The Morgan fingerprint density at radius 3 is 2.41 bits per heavy atom. The fraction of sp³-hybridized carbons (Fsp3) is 0.368. The fourth-order valence-corrected chi connectivity index (χ4v) is 2.95. The molecule has 3 rings (SSSR count). The zero-order valence-corrected chi connectivity index (χ0v) is 14.9. The number of nitrogens with zero attached hydrogens (tertiary/aromatic N) is 3. The molecule has 1 aliphatic heterocycles. The lowest BCUT2D eigenvalue weighted by Crippen LogP contribution is -2.48. The van der Waals surface area contributed by atoms with Crippen molar-refractivity contribution < 1.29 is 18.3 Å². The van der Waals surface area contributed by atoms with Crippen molar-refractivity contribution in [3.05, 3.63) is 54.4 Å². The number of hydrogen-bond donors (Lipinski definition) is 1. The van der Waals surface area contributed by atoms with E-state index in [1.165, 1.54) is 12.1 Å². The van der Waals surface area contributed by atoms with Crippen LogP contribution in [0.15, 0.2) is 48.7 Å². The first-order chi connectivity index (χ1) is 13.1. The highest BCUT2D eigenvalue weighted by Crippen LogP contribution is 2.17. The molecular weight excluding hydrogens is 354 g/mol. The summed E-state index contributed by atoms with van der Waals surface area (Å²) in [5, 5.41) is 2.77. The zero-order valence-electron chi connectivity index (χ0n) is 14.9. The van der Waals surface area contributed by atoms with Gasteiger partial charge in [-0.25, -0.2) is 0 Å². The molecule has 1 aliphatic rings. The van der Waals surface area contributed by atoms with E-state index in [0.717, 1.165) is 38.4 Å². The van der Waals surface area contributed by atoms with Crippen molar-refractivity contribution in [2.75, 3.05) is 38.0 Å². The molecule has 1 N–H and O–H groups in total. The molecule has 0 radical (unpaired) electrons. The Kier molecular flexibility index (Phi) is 6.67. The van der Waals surface area contributed by atoms with E-state index in [0.29, 0.717) is 12.2 Å². The lowest BCUT2D eigenvalue weighted by Gasteiger charge is -2.34. The van der Waals surface area contributed by atoms with Gasteiger partial charge in [0, 0.05) is 44.6 Å². The number of ether oxygens (including phenoxy) is 1. The Hall–Kier alpha value is -2.58. The molecule has 27 heavy (non-hydrogen) atoms. The number of benzene rings is 1. The number of rotatable bonds is 7. The van der Waals surface area contributed by atoms with Gasteiger partial charge in [-0.05, 0) is 36.4 Å². The number of aromatic nitrogens is 1. The summed E-state index contributed by atoms with van der Waals surface area (Å²) >= 11 is 0. The van der Waals surface area contributed by atoms with Crippen molar-refractivity contribution in [1.82, 2.24) is 14.8 Å². The number of hydrogen-bond acceptors (Lipinski definition) is 5. The van der Waals surface area contributed by atoms with Gasteiger partial charge in [-0.2, -0.15) is 8.78 Å². The van der Waals surface area contributed by atoms with E-state index in [9.17, 15) is 13.6 Å². The fourth-order valence-electron chi connectivity index (χ4n) is 2.95. The summed E-state index contributed by atoms with van der Waals surface area (Å²) < 4.78 is 28.6. The van der Waals surface area contributed by atoms with Crippen molar-refractivity contribution in [3.63, 3.8) is 0 Å². The van der Waals surface area contributed by atoms with Gasteiger partial charge in [0.25, 0.3) is 0 Å². The van der Waals surface area contributed by atoms with Gasteiger partial charge in [0.05, 0.1) is 12.2 Å². The highest BCUT2D eigenvalue weighted by molar-refractivity contribution is 5.92. The maximum Gasteiger partial charge on any atom is 0.387 e. The van der Waals surface area contributed by atoms with E-state index in [4.69, 9.17) is 0 Å². The number of piperazine rings is 1. The Morgan fingerprint density at radius 1 is 1.07 bits per heavy atom. The van der Waals surface area contributed by atoms with Crippen LogP contribution >= 0.6 is 0 Å². The van der Waals surface area contributed by atoms with Gasteiger partial charge in [-0.1, -0.05) is 6.07 Å². The number of anilines is 1. The van der Waals surface area contributed by atoms with Gasteiger partial charge in [0.2, 0.25) is 5.91 Å². The summed E-state index contributed by atoms with van der Waals surface area (Å²) in [6.07, 6.45) is 1.79. The maximum absolute atomic E-state index is 12.2. The van der Waals surface area contributed by atoms with E-state index in [-0.39, 0.29) is 11.7 Å². The van der Waals surface area contributed by atoms with Crippen LogP contribution in [0.25, 0.3) is 0 Å². The first-order valence-corrected chi connectivity index (χ1v) is 8.78. The topological polar surface area (TPSA) is 57.7 Å². The van der Waals surface area contributed by atoms with E-state index in [1.807, 2.05) is 18.2 Å². The minimum absolute atomic E-state index is 0.0621. The minimum Gasteiger partial charge on any atom is -0.435 e. The standard InChI is InChI=1S/C19H22F2N4O2/c20-19(21)27-17-6-4-15(5-7-17)23-18(26)14-25-11-9-24(10-12-25)13-16-3-1-2-8-22-16/h1-8,19H,9-14H2,(H,23,26). The molecule has 0 atom stereocenters. The maximum atomic E-state index is 12.2. The normalized spacial score (nSPS) is 15.7. The summed E-state index contributed by atoms with van der Waals surface area (Å²) in [6, 6.07) is 11.8. The molecule has 0 aliphatic carbocycles. The number of pyridine rings is 1. The highest BCUT2D eigenvalue weighted by atomic mass is 19.3. The first-order valence-electron chi connectivity index (χ1n) is 8.78. The first kappa shape index (κ1) is 19.2. The van der Waals surface area contributed by atoms with Gasteiger partial charge < -0.3 is 10.1 Å². The van der Waals surface area contributed by atoms with E-state index >= 15 is 0 Å². The Labute approximate surface area is 156 Å². The van der Waals surface area contributed by atoms with Crippen LogP contribution in [0.2, 0.25) is 0 Å². The smallest absolute Gasteiger partial charge is 0.387 e. The molecular formula is C19H22F2N4O2. The average Bonchev–Trinajstić information content (AvgIpc) is 2.65. The zero-order chi connectivity index (χ0) is 19.1. The summed E-state index contributed by atoms with van der Waals surface area (Å²) in [6.45, 7) is 1.62. The van der Waals surface area contributed by atoms with Crippen molar-refractivity contribution in [3.8, 4) is 5.75 Å². The van der Waals surface area contributed by atoms with Crippen LogP contribution in [0.5, 0.6) is 5.75 Å². The SMILES string of the molecule is O=C(CN1CCN(Cc2ccccn2)CC1)Nc1ccc(OC(F)F)cc1. The summed E-state index contributed by atoms with van der Waals surface area (Å²) in [5.41, 5.74) is 1.60. The molecule has 1 fully saturated rings. The predicted molar refractivity (Wildman–Crippen MR) is 97.7 cm³/mol. The van der Waals surface area contributed by atoms with E-state index < -0.39 is 6.61 Å². The number of amides is 1. The molecule has 2 heterocycles. The third-order valence-electron chi connectivity index (χ3n) is 4.31. The second-order valence-corrected chi connectivity index (χ2v) is 6.32. The number of alkyl halides is 2. The molecule has 1 aromatic carbocycles. The molecule has 144 valence electrons. The Morgan fingerprint density at radius 2 is 1.78 bits per heavy atom. The predicted octanol–water partition coefficient (Wildman–Crippen LogP) is 2.44. The van der Waals surface area contributed by atoms with Crippen LogP contribution in [0, 0.1) is 0 Å². The summed E-state index contributed by atoms with van der Waals surface area (Å²) in [7, 11) is 0. The Bertz CT molecular complexity index is 720. The van der Waals surface area contributed by atoms with Gasteiger partial charge in [0.15, 0.2) is 0 Å². The Balaban J connectivity index is 1.40. The number of nitrogens with one attached hydrogen (secondary N) is 1. The van der Waals surface area contributed by atoms with Gasteiger partial charge in [-0.15, -0.1) is 0 Å². The molecule has 6 nitrogen and oxygen atoms in total. The van der Waals surface area contributed by atoms with Gasteiger partial charge >= 0.3 is 6.61 Å². The summed E-state index contributed by atoms with van der Waals surface area (Å²) in [5.74, 6) is -0.0669. The molecule has 2 aromatic rings. The van der Waals surface area contributed by atoms with E-state index in [2.05, 4.69) is 24.8 Å². The molecule has 0 bridgehead atoms. The largest absolute Gasteiger partial charge is 0.435 e. The van der Waals surface area contributed by atoms with Gasteiger partial charge in [-0.3, -0.25) is 19.6 Å². The van der Waals surface area contributed by atoms with Crippen molar-refractivity contribution in [2.24, 2.45) is 0 Å². The number of carbonyl (C=O) groups excluding carboxylic acids is 1. The van der Waals surface area contributed by atoms with Gasteiger partial charge in [0.1, 0.15) is 5.75 Å². The van der Waals surface area contributed by atoms with Crippen LogP contribution in [0.3, 0.4) is 0 Å². The summed E-state index contributed by atoms with van der Waals surface area (Å²) in [4.78, 5) is 20.9. The van der Waals surface area contributed by atoms with Crippen LogP contribution < -0.4 is 10.1 Å². The molecule has 8 heteroatoms. The minimum atomic E-state index is -2.86. The molecule has 0 saturated carbocycles. The molecule has 1 amide bonds. The van der Waals surface area contributed by atoms with E-state index in [1.54, 1.807) is 18.3 Å². The van der Waals surface area contributed by atoms with Crippen LogP contribution in [0.1, 0.15) is 5.69 Å². The quantitative estimate of drug-likeness (QED) is 0.804. The van der Waals surface area contributed by atoms with Crippen LogP contribution in [-0.2, 0) is 11.3 Å². The second-order valence-electron chi connectivity index (χ2n) is 6.32. The molecule has 0 spiro atoms. The average molecular weight is 376 g/mol. The lowest BCUT2D eigenvalue weighted by molar-refractivity contribution is -0.117. The second kappa shape index (κ2) is 9.38. The van der Waals surface area contributed by atoms with Crippen LogP contribution in [0.4, 0.5) is 14.5 Å². The molecule has 0 unspecified atom stereocenters. The lowest BCUT2D eigenvalue weighted by atomic mass is 10.2. The highest BCUT2D eigenvalue weighted by Gasteiger charge is 2.19. The van der Waals surface area contributed by atoms with Crippen molar-refractivity contribution >= 4 is 11.6 Å². The third-order valence-corrected chi connectivity index (χ3v) is 4.31. The molecule has 1 saturated heterocycles. The third kappa shape index (κ3) is 6.26. The molecule has 1 aromatic heterocycles. The number of halogens is 2. The number of carbonyl (C=O) groups is 1. The van der Waals surface area contributed by atoms with Crippen LogP contribution in [-0.4, -0.2) is 60.0 Å². The monoisotopic (exact) mass is 376 g/mol.